The van der Waals surface area contributed by atoms with Crippen molar-refractivity contribution in [1.29, 1.82) is 0 Å². The molecule has 10 heteroatoms. The maximum Gasteiger partial charge on any atom is 0.416 e. The van der Waals surface area contributed by atoms with Gasteiger partial charge < -0.3 is 5.32 Å². The fourth-order valence-electron chi connectivity index (χ4n) is 2.32. The van der Waals surface area contributed by atoms with E-state index in [9.17, 15) is 26.4 Å². The first-order chi connectivity index (χ1) is 12.9. The first kappa shape index (κ1) is 22.4. The molecule has 2 aromatic carbocycles. The maximum atomic E-state index is 12.6. The zero-order chi connectivity index (χ0) is 21.1. The van der Waals surface area contributed by atoms with E-state index in [0.29, 0.717) is 16.5 Å². The third kappa shape index (κ3) is 5.33. The molecule has 1 N–H and O–H groups in total. The van der Waals surface area contributed by atoms with Gasteiger partial charge in [-0.15, -0.1) is 0 Å². The Hall–Kier alpha value is -1.91. The molecule has 0 bridgehead atoms. The largest absolute Gasteiger partial charge is 0.416 e. The number of carbonyl (C=O) groups excluding carboxylic acids is 1. The molecule has 0 fully saturated rings. The highest BCUT2D eigenvalue weighted by atomic mass is 79.9. The summed E-state index contributed by atoms with van der Waals surface area (Å²) in [4.78, 5) is 12.3. The Bertz CT molecular complexity index is 959. The van der Waals surface area contributed by atoms with Gasteiger partial charge in [0.05, 0.1) is 10.5 Å². The summed E-state index contributed by atoms with van der Waals surface area (Å²) in [5.74, 6) is -0.477. The molecule has 5 nitrogen and oxygen atoms in total. The molecule has 0 heterocycles. The van der Waals surface area contributed by atoms with Crippen molar-refractivity contribution >= 4 is 31.9 Å². The maximum absolute atomic E-state index is 12.6. The second kappa shape index (κ2) is 8.62. The van der Waals surface area contributed by atoms with Crippen molar-refractivity contribution in [2.75, 3.05) is 20.6 Å². The summed E-state index contributed by atoms with van der Waals surface area (Å²) < 4.78 is 63.7. The van der Waals surface area contributed by atoms with Crippen molar-refractivity contribution in [2.24, 2.45) is 0 Å². The van der Waals surface area contributed by atoms with Crippen LogP contribution >= 0.6 is 15.9 Å². The summed E-state index contributed by atoms with van der Waals surface area (Å²) in [7, 11) is -0.954. The summed E-state index contributed by atoms with van der Waals surface area (Å²) >= 11 is 3.17. The minimum atomic E-state index is -4.39. The molecule has 0 saturated heterocycles. The Kier molecular flexibility index (Phi) is 6.89. The lowest BCUT2D eigenvalue weighted by atomic mass is 10.1. The molecule has 0 unspecified atom stereocenters. The number of halogens is 4. The van der Waals surface area contributed by atoms with Gasteiger partial charge in [-0.3, -0.25) is 4.79 Å². The van der Waals surface area contributed by atoms with Crippen LogP contribution in [0.3, 0.4) is 0 Å². The van der Waals surface area contributed by atoms with Crippen molar-refractivity contribution in [3.8, 4) is 0 Å². The molecule has 1 amide bonds. The summed E-state index contributed by atoms with van der Waals surface area (Å²) in [6.45, 7) is 0.191. The van der Waals surface area contributed by atoms with Crippen molar-refractivity contribution in [1.82, 2.24) is 9.62 Å². The summed E-state index contributed by atoms with van der Waals surface area (Å²) in [5, 5.41) is 2.63. The van der Waals surface area contributed by atoms with E-state index < -0.39 is 27.7 Å². The fourth-order valence-corrected chi connectivity index (χ4v) is 4.17. The average Bonchev–Trinajstić information content (AvgIpc) is 2.61. The summed E-state index contributed by atoms with van der Waals surface area (Å²) in [5.41, 5.74) is 0.0702. The van der Waals surface area contributed by atoms with Crippen LogP contribution in [0.2, 0.25) is 0 Å². The van der Waals surface area contributed by atoms with Crippen LogP contribution in [0.15, 0.2) is 51.8 Å². The minimum absolute atomic E-state index is 0.0344. The molecule has 2 rings (SSSR count). The van der Waals surface area contributed by atoms with E-state index in [-0.39, 0.29) is 17.0 Å². The van der Waals surface area contributed by atoms with Gasteiger partial charge in [-0.25, -0.2) is 12.7 Å². The van der Waals surface area contributed by atoms with Crippen LogP contribution < -0.4 is 5.32 Å². The molecule has 2 aromatic rings. The lowest BCUT2D eigenvalue weighted by Crippen LogP contribution is -2.27. The monoisotopic (exact) mass is 478 g/mol. The molecule has 152 valence electrons. The number of nitrogens with one attached hydrogen (secondary N) is 1. The quantitative estimate of drug-likeness (QED) is 0.688. The van der Waals surface area contributed by atoms with E-state index in [1.165, 1.54) is 44.4 Å². The molecule has 0 aliphatic heterocycles. The zero-order valence-electron chi connectivity index (χ0n) is 15.0. The van der Waals surface area contributed by atoms with Gasteiger partial charge in [0, 0.05) is 30.7 Å². The molecule has 0 radical (unpaired) electrons. The Balaban J connectivity index is 2.04. The molecule has 0 atom stereocenters. The number of hydrogen-bond donors (Lipinski definition) is 1. The average molecular weight is 479 g/mol. The Morgan fingerprint density at radius 1 is 1.11 bits per heavy atom. The van der Waals surface area contributed by atoms with Gasteiger partial charge in [0.25, 0.3) is 5.91 Å². The zero-order valence-corrected chi connectivity index (χ0v) is 17.5. The van der Waals surface area contributed by atoms with Crippen molar-refractivity contribution in [3.05, 3.63) is 63.6 Å². The molecule has 28 heavy (non-hydrogen) atoms. The van der Waals surface area contributed by atoms with Gasteiger partial charge in [0.15, 0.2) is 0 Å². The van der Waals surface area contributed by atoms with Crippen LogP contribution in [0.1, 0.15) is 21.5 Å². The first-order valence-corrected chi connectivity index (χ1v) is 10.3. The third-order valence-electron chi connectivity index (χ3n) is 3.93. The predicted octanol–water partition coefficient (Wildman–Crippen LogP) is 3.69. The van der Waals surface area contributed by atoms with E-state index in [1.807, 2.05) is 0 Å². The van der Waals surface area contributed by atoms with E-state index >= 15 is 0 Å². The van der Waals surface area contributed by atoms with Crippen LogP contribution in [0, 0.1) is 0 Å². The highest BCUT2D eigenvalue weighted by Gasteiger charge is 2.29. The van der Waals surface area contributed by atoms with Crippen LogP contribution in [-0.4, -0.2) is 39.3 Å². The number of rotatable bonds is 6. The SMILES string of the molecule is CN(C)S(=O)(=O)c1cc(C(=O)NCCc2ccc(C(F)(F)F)cc2)ccc1Br. The smallest absolute Gasteiger partial charge is 0.352 e. The topological polar surface area (TPSA) is 66.5 Å². The van der Waals surface area contributed by atoms with Gasteiger partial charge >= 0.3 is 6.18 Å². The Morgan fingerprint density at radius 2 is 1.71 bits per heavy atom. The summed E-state index contributed by atoms with van der Waals surface area (Å²) in [6.07, 6.45) is -4.05. The van der Waals surface area contributed by atoms with Gasteiger partial charge in [-0.1, -0.05) is 12.1 Å². The molecular weight excluding hydrogens is 461 g/mol. The number of nitrogens with zero attached hydrogens (tertiary/aromatic N) is 1. The first-order valence-electron chi connectivity index (χ1n) is 8.09. The van der Waals surface area contributed by atoms with Gasteiger partial charge in [0.1, 0.15) is 0 Å². The molecule has 0 saturated carbocycles. The molecule has 0 aliphatic rings. The highest BCUT2D eigenvalue weighted by molar-refractivity contribution is 9.10. The number of carbonyl (C=O) groups is 1. The Labute approximate surface area is 169 Å². The molecular formula is C18H18BrF3N2O3S. The van der Waals surface area contributed by atoms with Crippen LogP contribution in [0.25, 0.3) is 0 Å². The number of amides is 1. The second-order valence-corrected chi connectivity index (χ2v) is 9.11. The van der Waals surface area contributed by atoms with E-state index in [2.05, 4.69) is 21.2 Å². The Morgan fingerprint density at radius 3 is 2.25 bits per heavy atom. The normalized spacial score (nSPS) is 12.2. The van der Waals surface area contributed by atoms with E-state index in [4.69, 9.17) is 0 Å². The number of alkyl halides is 3. The van der Waals surface area contributed by atoms with Gasteiger partial charge in [-0.2, -0.15) is 13.2 Å². The van der Waals surface area contributed by atoms with Crippen molar-refractivity contribution < 1.29 is 26.4 Å². The van der Waals surface area contributed by atoms with Gasteiger partial charge in [0.2, 0.25) is 10.0 Å². The number of benzene rings is 2. The van der Waals surface area contributed by atoms with Crippen molar-refractivity contribution in [2.45, 2.75) is 17.5 Å². The number of hydrogen-bond acceptors (Lipinski definition) is 3. The lowest BCUT2D eigenvalue weighted by Gasteiger charge is -2.14. The van der Waals surface area contributed by atoms with Crippen LogP contribution in [-0.2, 0) is 22.6 Å². The molecule has 0 aliphatic carbocycles. The minimum Gasteiger partial charge on any atom is -0.352 e. The molecule has 0 spiro atoms. The second-order valence-electron chi connectivity index (χ2n) is 6.13. The molecule has 0 aromatic heterocycles. The van der Waals surface area contributed by atoms with E-state index in [1.54, 1.807) is 0 Å². The van der Waals surface area contributed by atoms with E-state index in [0.717, 1.165) is 16.4 Å². The van der Waals surface area contributed by atoms with Crippen molar-refractivity contribution in [3.63, 3.8) is 0 Å². The third-order valence-corrected chi connectivity index (χ3v) is 6.74. The van der Waals surface area contributed by atoms with Gasteiger partial charge in [-0.05, 0) is 58.2 Å². The predicted molar refractivity (Wildman–Crippen MR) is 102 cm³/mol. The number of sulfonamides is 1. The van der Waals surface area contributed by atoms with Crippen LogP contribution in [0.4, 0.5) is 13.2 Å². The standard InChI is InChI=1S/C18H18BrF3N2O3S/c1-24(2)28(26,27)16-11-13(5-8-15(16)19)17(25)23-10-9-12-3-6-14(7-4-12)18(20,21)22/h3-8,11H,9-10H2,1-2H3,(H,23,25). The summed E-state index contributed by atoms with van der Waals surface area (Å²) in [6, 6.07) is 8.92. The lowest BCUT2D eigenvalue weighted by molar-refractivity contribution is -0.137. The van der Waals surface area contributed by atoms with Crippen LogP contribution in [0.5, 0.6) is 0 Å². The fraction of sp³-hybridized carbons (Fsp3) is 0.278. The highest BCUT2D eigenvalue weighted by Crippen LogP contribution is 2.29.